The Morgan fingerprint density at radius 3 is 2.70 bits per heavy atom. The van der Waals surface area contributed by atoms with Crippen molar-refractivity contribution in [2.75, 3.05) is 0 Å². The van der Waals surface area contributed by atoms with Crippen molar-refractivity contribution in [3.05, 3.63) is 12.2 Å². The van der Waals surface area contributed by atoms with Crippen LogP contribution in [0.25, 0.3) is 0 Å². The van der Waals surface area contributed by atoms with Gasteiger partial charge in [0.05, 0.1) is 11.7 Å². The number of unbranched alkanes of at least 4 members (excludes halogenated alkanes) is 2. The quantitative estimate of drug-likeness (QED) is 0.388. The first-order valence-corrected chi connectivity index (χ1v) is 8.03. The van der Waals surface area contributed by atoms with E-state index >= 15 is 0 Å². The summed E-state index contributed by atoms with van der Waals surface area (Å²) in [5.41, 5.74) is -0.752. The number of allylic oxidation sites excluding steroid dienone is 1. The molecule has 0 aromatic heterocycles. The minimum atomic E-state index is -0.752. The van der Waals surface area contributed by atoms with Crippen LogP contribution in [-0.2, 0) is 4.79 Å². The van der Waals surface area contributed by atoms with Crippen molar-refractivity contribution in [2.24, 2.45) is 11.8 Å². The molecule has 1 saturated carbocycles. The Labute approximate surface area is 123 Å². The Morgan fingerprint density at radius 2 is 2.05 bits per heavy atom. The molecule has 0 aliphatic heterocycles. The summed E-state index contributed by atoms with van der Waals surface area (Å²) in [6.45, 7) is 4.01. The molecule has 0 aromatic carbocycles. The van der Waals surface area contributed by atoms with Crippen LogP contribution in [0.4, 0.5) is 0 Å². The second-order valence-corrected chi connectivity index (χ2v) is 6.39. The van der Waals surface area contributed by atoms with Crippen molar-refractivity contribution >= 4 is 6.29 Å². The molecule has 0 amide bonds. The summed E-state index contributed by atoms with van der Waals surface area (Å²) in [4.78, 5) is 10.5. The summed E-state index contributed by atoms with van der Waals surface area (Å²) in [6, 6.07) is 0. The van der Waals surface area contributed by atoms with Crippen LogP contribution in [0.15, 0.2) is 12.2 Å². The van der Waals surface area contributed by atoms with Crippen molar-refractivity contribution in [2.45, 2.75) is 76.9 Å². The number of rotatable bonds is 9. The number of aldehydes is 1. The fraction of sp³-hybridized carbons (Fsp3) is 0.824. The maximum absolute atomic E-state index is 10.5. The lowest BCUT2D eigenvalue weighted by molar-refractivity contribution is -0.108. The van der Waals surface area contributed by atoms with Crippen LogP contribution in [0.5, 0.6) is 0 Å². The maximum atomic E-state index is 10.5. The molecule has 0 spiro atoms. The molecule has 3 heteroatoms. The van der Waals surface area contributed by atoms with Gasteiger partial charge in [-0.1, -0.05) is 38.3 Å². The first-order valence-electron chi connectivity index (χ1n) is 8.03. The number of aliphatic hydroxyl groups is 2. The summed E-state index contributed by atoms with van der Waals surface area (Å²) in [5.74, 6) is 0.463. The van der Waals surface area contributed by atoms with Gasteiger partial charge in [-0.25, -0.2) is 0 Å². The van der Waals surface area contributed by atoms with E-state index in [1.54, 1.807) is 0 Å². The average molecular weight is 282 g/mol. The van der Waals surface area contributed by atoms with Crippen LogP contribution in [0.1, 0.15) is 65.2 Å². The van der Waals surface area contributed by atoms with Gasteiger partial charge >= 0.3 is 0 Å². The molecule has 0 saturated heterocycles. The van der Waals surface area contributed by atoms with Crippen LogP contribution < -0.4 is 0 Å². The SMILES string of the molecule is CCCCCC(C)(O)C=C[C@@H]1CC[C@@H](O)[C@H]1CCC=O. The zero-order chi connectivity index (χ0) is 15.0. The third-order valence-electron chi connectivity index (χ3n) is 4.45. The van der Waals surface area contributed by atoms with Gasteiger partial charge < -0.3 is 15.0 Å². The molecule has 0 radical (unpaired) electrons. The van der Waals surface area contributed by atoms with E-state index < -0.39 is 5.60 Å². The van der Waals surface area contributed by atoms with Gasteiger partial charge in [-0.05, 0) is 44.4 Å². The van der Waals surface area contributed by atoms with Crippen molar-refractivity contribution in [3.63, 3.8) is 0 Å². The Balaban J connectivity index is 2.51. The highest BCUT2D eigenvalue weighted by Crippen LogP contribution is 2.36. The van der Waals surface area contributed by atoms with Gasteiger partial charge in [0.1, 0.15) is 6.29 Å². The normalized spacial score (nSPS) is 29.7. The molecule has 2 N–H and O–H groups in total. The molecule has 1 aliphatic rings. The van der Waals surface area contributed by atoms with Gasteiger partial charge in [-0.15, -0.1) is 0 Å². The van der Waals surface area contributed by atoms with Crippen molar-refractivity contribution in [1.82, 2.24) is 0 Å². The average Bonchev–Trinajstić information content (AvgIpc) is 2.75. The number of hydrogen-bond donors (Lipinski definition) is 2. The third-order valence-corrected chi connectivity index (χ3v) is 4.45. The highest BCUT2D eigenvalue weighted by Gasteiger charge is 2.33. The molecule has 1 rings (SSSR count). The highest BCUT2D eigenvalue weighted by atomic mass is 16.3. The van der Waals surface area contributed by atoms with Gasteiger partial charge in [0.25, 0.3) is 0 Å². The Hall–Kier alpha value is -0.670. The molecule has 3 nitrogen and oxygen atoms in total. The molecular weight excluding hydrogens is 252 g/mol. The van der Waals surface area contributed by atoms with Crippen molar-refractivity contribution in [1.29, 1.82) is 0 Å². The Morgan fingerprint density at radius 1 is 1.30 bits per heavy atom. The third kappa shape index (κ3) is 5.76. The van der Waals surface area contributed by atoms with E-state index in [1.807, 2.05) is 13.0 Å². The zero-order valence-corrected chi connectivity index (χ0v) is 12.9. The summed E-state index contributed by atoms with van der Waals surface area (Å²) in [7, 11) is 0. The van der Waals surface area contributed by atoms with Gasteiger partial charge in [-0.2, -0.15) is 0 Å². The van der Waals surface area contributed by atoms with Crippen molar-refractivity contribution < 1.29 is 15.0 Å². The topological polar surface area (TPSA) is 57.5 Å². The van der Waals surface area contributed by atoms with Crippen LogP contribution in [0.2, 0.25) is 0 Å². The predicted octanol–water partition coefficient (Wildman–Crippen LogP) is 3.24. The second-order valence-electron chi connectivity index (χ2n) is 6.39. The van der Waals surface area contributed by atoms with E-state index in [0.717, 1.165) is 51.2 Å². The lowest BCUT2D eigenvalue weighted by Gasteiger charge is -2.22. The summed E-state index contributed by atoms with van der Waals surface area (Å²) < 4.78 is 0. The van der Waals surface area contributed by atoms with Crippen LogP contribution in [0, 0.1) is 11.8 Å². The second kappa shape index (κ2) is 8.58. The Kier molecular flexibility index (Phi) is 7.46. The molecule has 1 fully saturated rings. The molecule has 1 aliphatic carbocycles. The summed E-state index contributed by atoms with van der Waals surface area (Å²) in [5, 5.41) is 20.3. The fourth-order valence-electron chi connectivity index (χ4n) is 3.13. The molecule has 0 bridgehead atoms. The van der Waals surface area contributed by atoms with E-state index in [1.165, 1.54) is 0 Å². The molecular formula is C17H30O3. The largest absolute Gasteiger partial charge is 0.393 e. The van der Waals surface area contributed by atoms with Gasteiger partial charge in [0.15, 0.2) is 0 Å². The van der Waals surface area contributed by atoms with E-state index in [9.17, 15) is 15.0 Å². The van der Waals surface area contributed by atoms with E-state index in [4.69, 9.17) is 0 Å². The summed E-state index contributed by atoms with van der Waals surface area (Å²) >= 11 is 0. The molecule has 0 heterocycles. The number of carbonyl (C=O) groups excluding carboxylic acids is 1. The number of hydrogen-bond acceptors (Lipinski definition) is 3. The molecule has 116 valence electrons. The fourth-order valence-corrected chi connectivity index (χ4v) is 3.13. The van der Waals surface area contributed by atoms with Gasteiger partial charge in [0.2, 0.25) is 0 Å². The first-order chi connectivity index (χ1) is 9.50. The van der Waals surface area contributed by atoms with Gasteiger partial charge in [-0.3, -0.25) is 0 Å². The number of aliphatic hydroxyl groups excluding tert-OH is 1. The molecule has 0 aromatic rings. The van der Waals surface area contributed by atoms with Crippen LogP contribution in [-0.4, -0.2) is 28.2 Å². The first kappa shape index (κ1) is 17.4. The molecule has 20 heavy (non-hydrogen) atoms. The number of carbonyl (C=O) groups is 1. The molecule has 4 atom stereocenters. The summed E-state index contributed by atoms with van der Waals surface area (Å²) in [6.07, 6.45) is 11.7. The standard InChI is InChI=1S/C17H30O3/c1-3-4-5-11-17(2,20)12-10-14-8-9-16(19)15(14)7-6-13-18/h10,12-16,19-20H,3-9,11H2,1-2H3/t14-,15-,16+,17?/m0/s1. The van der Waals surface area contributed by atoms with Crippen molar-refractivity contribution in [3.8, 4) is 0 Å². The maximum Gasteiger partial charge on any atom is 0.120 e. The lowest BCUT2D eigenvalue weighted by Crippen LogP contribution is -2.22. The lowest BCUT2D eigenvalue weighted by atomic mass is 9.88. The zero-order valence-electron chi connectivity index (χ0n) is 12.9. The smallest absolute Gasteiger partial charge is 0.120 e. The minimum absolute atomic E-state index is 0.169. The predicted molar refractivity (Wildman–Crippen MR) is 81.4 cm³/mol. The Bertz CT molecular complexity index is 309. The molecule has 1 unspecified atom stereocenters. The van der Waals surface area contributed by atoms with E-state index in [-0.39, 0.29) is 12.0 Å². The monoisotopic (exact) mass is 282 g/mol. The minimum Gasteiger partial charge on any atom is -0.393 e. The van der Waals surface area contributed by atoms with E-state index in [0.29, 0.717) is 12.3 Å². The van der Waals surface area contributed by atoms with Gasteiger partial charge in [0, 0.05) is 6.42 Å². The van der Waals surface area contributed by atoms with E-state index in [2.05, 4.69) is 13.0 Å². The van der Waals surface area contributed by atoms with Crippen LogP contribution >= 0.6 is 0 Å². The van der Waals surface area contributed by atoms with Crippen LogP contribution in [0.3, 0.4) is 0 Å². The highest BCUT2D eigenvalue weighted by molar-refractivity contribution is 5.49.